The molecule has 0 bridgehead atoms. The molecule has 2 aliphatic carbocycles. The number of aromatic nitrogens is 2. The van der Waals surface area contributed by atoms with Gasteiger partial charge in [-0.05, 0) is 44.5 Å². The lowest BCUT2D eigenvalue weighted by Crippen LogP contribution is -2.21. The lowest BCUT2D eigenvalue weighted by atomic mass is 9.98. The summed E-state index contributed by atoms with van der Waals surface area (Å²) in [5, 5.41) is 5.59. The van der Waals surface area contributed by atoms with E-state index in [1.807, 2.05) is 48.5 Å². The third kappa shape index (κ3) is 4.29. The van der Waals surface area contributed by atoms with Gasteiger partial charge >= 0.3 is 23.7 Å². The minimum atomic E-state index is -0.715. The number of aliphatic imine (C=N–C) groups is 1. The van der Waals surface area contributed by atoms with Gasteiger partial charge in [0.1, 0.15) is 13.2 Å². The smallest absolute Gasteiger partial charge is 0.412 e. The number of carbonyl (C=O) groups excluding carboxylic acids is 2. The van der Waals surface area contributed by atoms with Crippen LogP contribution in [0.2, 0.25) is 0 Å². The monoisotopic (exact) mass is 579 g/mol. The number of carbonyl (C=O) groups is 2. The number of fused-ring (bicyclic) bond motifs is 7. The third-order valence-corrected chi connectivity index (χ3v) is 8.38. The Bertz CT molecular complexity index is 1910. The van der Waals surface area contributed by atoms with Crippen LogP contribution in [-0.4, -0.2) is 41.6 Å². The van der Waals surface area contributed by atoms with Crippen molar-refractivity contribution in [2.45, 2.75) is 11.8 Å². The minimum absolute atomic E-state index is 0.0771. The van der Waals surface area contributed by atoms with Crippen LogP contribution >= 0.6 is 0 Å². The second-order valence-corrected chi connectivity index (χ2v) is 10.8. The van der Waals surface area contributed by atoms with E-state index >= 15 is 0 Å². The van der Waals surface area contributed by atoms with E-state index in [4.69, 9.17) is 9.47 Å². The van der Waals surface area contributed by atoms with Crippen LogP contribution < -0.4 is 15.6 Å². The molecule has 0 atom stereocenters. The third-order valence-electron chi connectivity index (χ3n) is 8.38. The molecular weight excluding hydrogens is 554 g/mol. The van der Waals surface area contributed by atoms with E-state index in [1.54, 1.807) is 0 Å². The molecule has 213 valence electrons. The maximum absolute atomic E-state index is 13.2. The Labute approximate surface area is 252 Å². The quantitative estimate of drug-likeness (QED) is 0.229. The van der Waals surface area contributed by atoms with Crippen molar-refractivity contribution in [3.8, 4) is 22.3 Å². The van der Waals surface area contributed by atoms with Crippen molar-refractivity contribution in [2.24, 2.45) is 0 Å². The van der Waals surface area contributed by atoms with Crippen LogP contribution in [0.25, 0.3) is 22.3 Å². The molecule has 0 fully saturated rings. The highest BCUT2D eigenvalue weighted by molar-refractivity contribution is 5.99. The summed E-state index contributed by atoms with van der Waals surface area (Å²) in [6.07, 6.45) is 0.712. The number of rotatable bonds is 6. The molecule has 0 saturated heterocycles. The van der Waals surface area contributed by atoms with Crippen LogP contribution in [0, 0.1) is 0 Å². The summed E-state index contributed by atoms with van der Waals surface area (Å²) in [6.45, 7) is 0.250. The van der Waals surface area contributed by atoms with Crippen molar-refractivity contribution in [1.82, 2.24) is 15.0 Å². The van der Waals surface area contributed by atoms with E-state index in [-0.39, 0.29) is 42.5 Å². The van der Waals surface area contributed by atoms with E-state index in [1.165, 1.54) is 6.34 Å². The number of benzene rings is 4. The average Bonchev–Trinajstić information content (AvgIpc) is 3.76. The zero-order chi connectivity index (χ0) is 29.6. The SMILES string of the molecule is O=C(Nc1nc(C(=O)OCC2c3ccccc3-c3ccccc32)nc2c1NC=[N+]2)OCC1c2ccccc2-c2ccccc21. The lowest BCUT2D eigenvalue weighted by molar-refractivity contribution is 0.0479. The first-order valence-corrected chi connectivity index (χ1v) is 14.3. The van der Waals surface area contributed by atoms with E-state index < -0.39 is 12.1 Å². The molecule has 1 aliphatic heterocycles. The summed E-state index contributed by atoms with van der Waals surface area (Å²) < 4.78 is 11.4. The minimum Gasteiger partial charge on any atom is -0.458 e. The summed E-state index contributed by atoms with van der Waals surface area (Å²) in [5.74, 6) is -0.836. The van der Waals surface area contributed by atoms with Gasteiger partial charge in [0, 0.05) is 11.8 Å². The normalized spacial score (nSPS) is 13.7. The zero-order valence-corrected chi connectivity index (χ0v) is 23.4. The molecule has 9 heteroatoms. The van der Waals surface area contributed by atoms with E-state index in [2.05, 4.69) is 74.1 Å². The molecule has 4 aromatic carbocycles. The first-order chi connectivity index (χ1) is 21.7. The predicted molar refractivity (Wildman–Crippen MR) is 166 cm³/mol. The Kier molecular flexibility index (Phi) is 6.15. The highest BCUT2D eigenvalue weighted by Gasteiger charge is 2.33. The molecule has 0 spiro atoms. The second-order valence-electron chi connectivity index (χ2n) is 10.8. The molecule has 3 aliphatic rings. The first-order valence-electron chi connectivity index (χ1n) is 14.3. The summed E-state index contributed by atoms with van der Waals surface area (Å²) in [4.78, 5) is 39.0. The number of hydrogen-bond donors (Lipinski definition) is 2. The van der Waals surface area contributed by atoms with Crippen molar-refractivity contribution in [3.05, 3.63) is 125 Å². The summed E-state index contributed by atoms with van der Waals surface area (Å²) in [6, 6.07) is 32.5. The Morgan fingerprint density at radius 1 is 0.682 bits per heavy atom. The van der Waals surface area contributed by atoms with Crippen LogP contribution in [0.3, 0.4) is 0 Å². The highest BCUT2D eigenvalue weighted by Crippen LogP contribution is 2.45. The first kappa shape index (κ1) is 25.8. The molecule has 2 N–H and O–H groups in total. The molecule has 1 aromatic heterocycles. The van der Waals surface area contributed by atoms with Gasteiger partial charge < -0.3 is 9.47 Å². The zero-order valence-electron chi connectivity index (χ0n) is 23.4. The number of esters is 1. The summed E-state index contributed by atoms with van der Waals surface area (Å²) >= 11 is 0. The van der Waals surface area contributed by atoms with Gasteiger partial charge in [-0.15, -0.1) is 0 Å². The maximum atomic E-state index is 13.2. The predicted octanol–water partition coefficient (Wildman–Crippen LogP) is 6.23. The van der Waals surface area contributed by atoms with Crippen molar-refractivity contribution in [1.29, 1.82) is 0 Å². The number of hydrogen-bond acceptors (Lipinski definition) is 8. The molecule has 1 amide bonds. The molecule has 9 nitrogen and oxygen atoms in total. The Morgan fingerprint density at radius 2 is 1.16 bits per heavy atom. The fourth-order valence-corrected chi connectivity index (χ4v) is 6.41. The standard InChI is InChI=1S/C35H25N5O4/c41-34(43-17-28-24-13-5-1-9-20(24)21-10-2-6-14-25(21)28)33-38-31-30(36-19-37-31)32(39-33)40-35(42)44-18-29-26-15-7-3-11-22(26)23-12-4-8-16-27(23)29/h1-16,19,28-29,36H,17-18H2,(H,38,39,40,42)/q+1. The van der Waals surface area contributed by atoms with Gasteiger partial charge in [0.15, 0.2) is 5.82 Å². The van der Waals surface area contributed by atoms with Gasteiger partial charge in [-0.3, -0.25) is 10.6 Å². The van der Waals surface area contributed by atoms with Gasteiger partial charge in [-0.25, -0.2) is 9.59 Å². The number of nitrogens with one attached hydrogen (secondary N) is 2. The molecule has 1 radical (unpaired) electrons. The molecule has 0 saturated carbocycles. The lowest BCUT2D eigenvalue weighted by Gasteiger charge is -2.15. The van der Waals surface area contributed by atoms with Crippen molar-refractivity contribution in [3.63, 3.8) is 0 Å². The Morgan fingerprint density at radius 3 is 1.68 bits per heavy atom. The van der Waals surface area contributed by atoms with Crippen molar-refractivity contribution < 1.29 is 19.1 Å². The fraction of sp³-hybridized carbons (Fsp3) is 0.114. The van der Waals surface area contributed by atoms with Gasteiger partial charge in [0.25, 0.3) is 0 Å². The van der Waals surface area contributed by atoms with Crippen LogP contribution in [0.1, 0.15) is 44.7 Å². The molecular formula is C35H25N5O4+. The van der Waals surface area contributed by atoms with Crippen LogP contribution in [-0.2, 0) is 9.47 Å². The van der Waals surface area contributed by atoms with Crippen LogP contribution in [0.4, 0.5) is 22.1 Å². The number of ether oxygens (including phenoxy) is 2. The van der Waals surface area contributed by atoms with Crippen LogP contribution in [0.15, 0.2) is 97.1 Å². The van der Waals surface area contributed by atoms with Gasteiger partial charge in [0.05, 0.1) is 0 Å². The van der Waals surface area contributed by atoms with Crippen molar-refractivity contribution >= 4 is 35.7 Å². The van der Waals surface area contributed by atoms with Crippen molar-refractivity contribution in [2.75, 3.05) is 23.8 Å². The number of anilines is 2. The van der Waals surface area contributed by atoms with E-state index in [0.29, 0.717) is 5.69 Å². The largest absolute Gasteiger partial charge is 0.458 e. The summed E-state index contributed by atoms with van der Waals surface area (Å²) in [5.41, 5.74) is 9.33. The van der Waals surface area contributed by atoms with E-state index in [0.717, 1.165) is 44.5 Å². The van der Waals surface area contributed by atoms with Gasteiger partial charge in [-0.2, -0.15) is 4.98 Å². The van der Waals surface area contributed by atoms with E-state index in [9.17, 15) is 9.59 Å². The average molecular weight is 580 g/mol. The molecule has 44 heavy (non-hydrogen) atoms. The highest BCUT2D eigenvalue weighted by atomic mass is 16.5. The molecule has 2 heterocycles. The van der Waals surface area contributed by atoms with Gasteiger partial charge in [0.2, 0.25) is 12.0 Å². The summed E-state index contributed by atoms with van der Waals surface area (Å²) in [7, 11) is 0. The topological polar surface area (TPSA) is 117 Å². The maximum Gasteiger partial charge on any atom is 0.412 e. The Hall–Kier alpha value is -5.83. The van der Waals surface area contributed by atoms with Gasteiger partial charge in [-0.1, -0.05) is 107 Å². The molecule has 0 unspecified atom stereocenters. The Balaban J connectivity index is 0.985. The fourth-order valence-electron chi connectivity index (χ4n) is 6.41. The second kappa shape index (κ2) is 10.5. The number of nitrogens with zero attached hydrogens (tertiary/aromatic N) is 3. The number of amides is 1. The molecule has 5 aromatic rings. The van der Waals surface area contributed by atoms with Crippen LogP contribution in [0.5, 0.6) is 0 Å². The molecule has 8 rings (SSSR count).